The summed E-state index contributed by atoms with van der Waals surface area (Å²) in [4.78, 5) is 1.34. The third kappa shape index (κ3) is 3.13. The van der Waals surface area contributed by atoms with Crippen LogP contribution < -0.4 is 4.90 Å². The van der Waals surface area contributed by atoms with E-state index < -0.39 is 34.5 Å². The molecule has 0 aliphatic carbocycles. The lowest BCUT2D eigenvalue weighted by molar-refractivity contribution is 0.240. The van der Waals surface area contributed by atoms with Gasteiger partial charge >= 0.3 is 0 Å². The van der Waals surface area contributed by atoms with Crippen molar-refractivity contribution in [2.24, 2.45) is 0 Å². The first kappa shape index (κ1) is 15.6. The average molecular weight is 301 g/mol. The Bertz CT molecular complexity index is 557. The molecule has 114 valence electrons. The monoisotopic (exact) mass is 301 g/mol. The van der Waals surface area contributed by atoms with Crippen LogP contribution in [0.5, 0.6) is 0 Å². The summed E-state index contributed by atoms with van der Waals surface area (Å²) in [5.41, 5.74) is -1.54. The molecular weight excluding hydrogens is 286 g/mol. The highest BCUT2D eigenvalue weighted by Crippen LogP contribution is 2.32. The third-order valence-corrected chi connectivity index (χ3v) is 3.34. The minimum absolute atomic E-state index is 0.0873. The quantitative estimate of drug-likeness (QED) is 0.472. The molecule has 2 nitrogen and oxygen atoms in total. The van der Waals surface area contributed by atoms with Gasteiger partial charge in [-0.1, -0.05) is 11.8 Å². The number of ether oxygens (including phenoxy) is 1. The van der Waals surface area contributed by atoms with Crippen LogP contribution in [0.4, 0.5) is 23.2 Å². The van der Waals surface area contributed by atoms with Crippen molar-refractivity contribution in [3.8, 4) is 11.8 Å². The van der Waals surface area contributed by atoms with E-state index in [-0.39, 0.29) is 6.61 Å². The highest BCUT2D eigenvalue weighted by atomic mass is 19.2. The molecule has 1 aromatic rings. The second-order valence-electron chi connectivity index (χ2n) is 4.76. The van der Waals surface area contributed by atoms with Crippen molar-refractivity contribution in [2.75, 3.05) is 31.7 Å². The summed E-state index contributed by atoms with van der Waals surface area (Å²) in [6, 6.07) is 0. The normalized spacial score (nSPS) is 14.8. The van der Waals surface area contributed by atoms with E-state index in [1.807, 2.05) is 0 Å². The van der Waals surface area contributed by atoms with E-state index in [0.717, 1.165) is 19.3 Å². The van der Waals surface area contributed by atoms with E-state index in [1.165, 1.54) is 12.0 Å². The first-order valence-corrected chi connectivity index (χ1v) is 6.66. The van der Waals surface area contributed by atoms with Gasteiger partial charge in [0, 0.05) is 20.2 Å². The summed E-state index contributed by atoms with van der Waals surface area (Å²) in [5.74, 6) is -1.34. The van der Waals surface area contributed by atoms with E-state index in [9.17, 15) is 17.6 Å². The molecule has 1 fully saturated rings. The minimum atomic E-state index is -1.46. The Morgan fingerprint density at radius 2 is 1.52 bits per heavy atom. The molecule has 6 heteroatoms. The van der Waals surface area contributed by atoms with E-state index in [2.05, 4.69) is 16.6 Å². The van der Waals surface area contributed by atoms with Crippen LogP contribution in [0, 0.1) is 35.1 Å². The molecule has 1 saturated heterocycles. The number of anilines is 1. The van der Waals surface area contributed by atoms with Crippen LogP contribution in [0.25, 0.3) is 0 Å². The van der Waals surface area contributed by atoms with Crippen LogP contribution in [-0.2, 0) is 4.74 Å². The first-order chi connectivity index (χ1) is 10.1. The van der Waals surface area contributed by atoms with Gasteiger partial charge in [-0.25, -0.2) is 17.6 Å². The molecule has 0 unspecified atom stereocenters. The zero-order valence-corrected chi connectivity index (χ0v) is 11.6. The molecule has 0 spiro atoms. The van der Waals surface area contributed by atoms with Crippen LogP contribution in [0.3, 0.4) is 0 Å². The Morgan fingerprint density at radius 1 is 0.952 bits per heavy atom. The first-order valence-electron chi connectivity index (χ1n) is 6.66. The number of hydrogen-bond donors (Lipinski definition) is 0. The van der Waals surface area contributed by atoms with Crippen LogP contribution in [0.2, 0.25) is 0 Å². The molecule has 2 rings (SSSR count). The molecule has 0 amide bonds. The number of halogens is 4. The molecule has 21 heavy (non-hydrogen) atoms. The summed E-state index contributed by atoms with van der Waals surface area (Å²) in [6.07, 6.45) is 2.40. The lowest BCUT2D eigenvalue weighted by Gasteiger charge is -2.29. The lowest BCUT2D eigenvalue weighted by Crippen LogP contribution is -2.31. The Hall–Kier alpha value is -1.74. The van der Waals surface area contributed by atoms with Gasteiger partial charge in [0.05, 0.1) is 0 Å². The van der Waals surface area contributed by atoms with Gasteiger partial charge in [-0.2, -0.15) is 0 Å². The Labute approximate surface area is 120 Å². The topological polar surface area (TPSA) is 12.5 Å². The van der Waals surface area contributed by atoms with Crippen LogP contribution >= 0.6 is 0 Å². The van der Waals surface area contributed by atoms with Gasteiger partial charge in [-0.3, -0.25) is 0 Å². The molecule has 0 radical (unpaired) electrons. The number of methoxy groups -OCH3 is 1. The fourth-order valence-corrected chi connectivity index (χ4v) is 2.32. The predicted octanol–water partition coefficient (Wildman–Crippen LogP) is 3.23. The van der Waals surface area contributed by atoms with Gasteiger partial charge in [0.15, 0.2) is 23.3 Å². The molecular formula is C15H15F4NO. The van der Waals surface area contributed by atoms with E-state index >= 15 is 0 Å². The maximum absolute atomic E-state index is 14.1. The highest BCUT2D eigenvalue weighted by Gasteiger charge is 2.28. The summed E-state index contributed by atoms with van der Waals surface area (Å²) in [7, 11) is 1.35. The Morgan fingerprint density at radius 3 is 2.05 bits per heavy atom. The van der Waals surface area contributed by atoms with Gasteiger partial charge in [0.2, 0.25) is 0 Å². The van der Waals surface area contributed by atoms with Gasteiger partial charge < -0.3 is 9.64 Å². The standard InChI is InChI=1S/C15H15F4NO/c1-21-9-5-6-10-11(16)13(18)15(14(19)12(10)17)20-7-3-2-4-8-20/h2-4,7-9H2,1H3. The van der Waals surface area contributed by atoms with Crippen molar-refractivity contribution >= 4 is 5.69 Å². The molecule has 1 heterocycles. The fourth-order valence-electron chi connectivity index (χ4n) is 2.32. The van der Waals surface area contributed by atoms with Gasteiger partial charge in [-0.15, -0.1) is 0 Å². The maximum Gasteiger partial charge on any atom is 0.186 e. The zero-order valence-electron chi connectivity index (χ0n) is 11.6. The summed E-state index contributed by atoms with van der Waals surface area (Å²) < 4.78 is 60.6. The van der Waals surface area contributed by atoms with Crippen molar-refractivity contribution in [2.45, 2.75) is 19.3 Å². The average Bonchev–Trinajstić information content (AvgIpc) is 2.50. The Kier molecular flexibility index (Phi) is 5.07. The number of hydrogen-bond acceptors (Lipinski definition) is 2. The number of nitrogens with zero attached hydrogens (tertiary/aromatic N) is 1. The largest absolute Gasteiger partial charge is 0.372 e. The summed E-state index contributed by atoms with van der Waals surface area (Å²) in [6.45, 7) is 0.666. The van der Waals surface area contributed by atoms with Crippen LogP contribution in [-0.4, -0.2) is 26.8 Å². The second-order valence-corrected chi connectivity index (χ2v) is 4.76. The van der Waals surface area contributed by atoms with Crippen LogP contribution in [0.1, 0.15) is 24.8 Å². The SMILES string of the molecule is COCC#Cc1c(F)c(F)c(N2CCCCC2)c(F)c1F. The smallest absolute Gasteiger partial charge is 0.186 e. The van der Waals surface area contributed by atoms with Crippen LogP contribution in [0.15, 0.2) is 0 Å². The van der Waals surface area contributed by atoms with Crippen molar-refractivity contribution in [3.05, 3.63) is 28.8 Å². The zero-order chi connectivity index (χ0) is 15.4. The number of benzene rings is 1. The van der Waals surface area contributed by atoms with Crippen molar-refractivity contribution in [1.82, 2.24) is 0 Å². The lowest BCUT2D eigenvalue weighted by atomic mass is 10.1. The third-order valence-electron chi connectivity index (χ3n) is 3.34. The minimum Gasteiger partial charge on any atom is -0.372 e. The molecule has 0 N–H and O–H groups in total. The van der Waals surface area contributed by atoms with E-state index in [4.69, 9.17) is 0 Å². The predicted molar refractivity (Wildman–Crippen MR) is 71.1 cm³/mol. The summed E-state index contributed by atoms with van der Waals surface area (Å²) in [5, 5.41) is 0. The molecule has 1 aliphatic rings. The van der Waals surface area contributed by atoms with Crippen molar-refractivity contribution in [3.63, 3.8) is 0 Å². The fraction of sp³-hybridized carbons (Fsp3) is 0.467. The van der Waals surface area contributed by atoms with Crippen molar-refractivity contribution in [1.29, 1.82) is 0 Å². The summed E-state index contributed by atoms with van der Waals surface area (Å²) >= 11 is 0. The van der Waals surface area contributed by atoms with E-state index in [0.29, 0.717) is 13.1 Å². The highest BCUT2D eigenvalue weighted by molar-refractivity contribution is 5.55. The molecule has 0 aromatic heterocycles. The number of piperidine rings is 1. The molecule has 1 aliphatic heterocycles. The van der Waals surface area contributed by atoms with Gasteiger partial charge in [-0.05, 0) is 19.3 Å². The maximum atomic E-state index is 14.1. The molecule has 0 atom stereocenters. The Balaban J connectivity index is 2.48. The van der Waals surface area contributed by atoms with Gasteiger partial charge in [0.25, 0.3) is 0 Å². The van der Waals surface area contributed by atoms with Crippen molar-refractivity contribution < 1.29 is 22.3 Å². The number of rotatable bonds is 2. The molecule has 1 aromatic carbocycles. The van der Waals surface area contributed by atoms with E-state index in [1.54, 1.807) is 0 Å². The second kappa shape index (κ2) is 6.81. The molecule has 0 bridgehead atoms. The molecule has 0 saturated carbocycles. The van der Waals surface area contributed by atoms with Gasteiger partial charge in [0.1, 0.15) is 17.9 Å².